The first-order valence-corrected chi connectivity index (χ1v) is 31.7. The highest BCUT2D eigenvalue weighted by atomic mass is 14.9. The summed E-state index contributed by atoms with van der Waals surface area (Å²) >= 11 is 0. The van der Waals surface area contributed by atoms with Gasteiger partial charge >= 0.3 is 0 Å². The summed E-state index contributed by atoms with van der Waals surface area (Å²) in [4.78, 5) is 0. The predicted molar refractivity (Wildman–Crippen MR) is 399 cm³/mol. The van der Waals surface area contributed by atoms with Crippen LogP contribution in [0.1, 0.15) is 147 Å². The van der Waals surface area contributed by atoms with Crippen LogP contribution in [0.5, 0.6) is 0 Å². The molecule has 0 spiro atoms. The number of benzene rings is 8. The van der Waals surface area contributed by atoms with Gasteiger partial charge in [-0.3, -0.25) is 0 Å². The van der Waals surface area contributed by atoms with E-state index < -0.39 is 52.9 Å². The standard InChI is InChI=1S/C25H30N.C23H26N.C22H24N.C20H20N/c1-17(2)21-13-22(18(3)4)15-23(14-21)20-11-12-26(6)25(16-20)24-10-8-7-9-19(24)5;1-5-18-13-19(6-2)15-21(14-18)20-11-12-24(4)23(16-20)22-10-8-7-9-17(22)3;1-15-8-6-7-9-21(15)22-14-19(10-11-23(22)5)20-12-16(2)18(4)17(3)13-20;1-15-8-10-17(11-9-15)18-12-13-20(21(3)14-18)19-7-5-4-6-16(19)2/h7-18H,1-6H3;7-16H,5-6H2,1-4H3;6-14H,1-5H3;4-14H,1-3H3/q4*+1/i1D3,3D3,17D,18D;1D3,2D3;2D3;1D3. The molecule has 0 aliphatic rings. The molecule has 0 fully saturated rings. The lowest BCUT2D eigenvalue weighted by Crippen LogP contribution is -2.30. The number of rotatable bonds is 12. The maximum Gasteiger partial charge on any atom is 0.213 e. The third kappa shape index (κ3) is 16.8. The summed E-state index contributed by atoms with van der Waals surface area (Å²) in [6.45, 7) is 1.04. The van der Waals surface area contributed by atoms with Gasteiger partial charge in [-0.25, -0.2) is 18.3 Å². The average molecular weight is 1260 g/mol. The quantitative estimate of drug-likeness (QED) is 0.108. The predicted octanol–water partition coefficient (Wildman–Crippen LogP) is 21.2. The molecule has 2 unspecified atom stereocenters. The van der Waals surface area contributed by atoms with Crippen LogP contribution in [-0.2, 0) is 41.0 Å². The van der Waals surface area contributed by atoms with Crippen molar-refractivity contribution in [1.29, 1.82) is 0 Å². The SMILES string of the molecule is [2H]C([2H])([2H])C([2H])(C)c1cc(-c2cc[n+](C)c(-c3ccccc3C)c2)cc(C([2H])(C)C([2H])([2H])[2H])c1.[2H]C([2H])([2H])Cc1cc(CC([2H])([2H])[2H])cc(-c2cc[n+](C)c(-c3ccccc3C)c2)c1.[2H]C([2H])([2H])c1cc(-c2cc[n+](C)c(-c3ccccc3C)c2)cc(C)c1C.[2H]C([2H])([2H])c1ccc(-c2ccc(-c3ccccc3C)[n+](C)c2)cc1. The highest BCUT2D eigenvalue weighted by Crippen LogP contribution is 2.34. The molecule has 8 aromatic carbocycles. The van der Waals surface area contributed by atoms with Crippen LogP contribution in [0.15, 0.2) is 243 Å². The average Bonchev–Trinajstić information content (AvgIpc) is 0.756. The minimum absolute atomic E-state index is 0.0971. The molecule has 0 saturated heterocycles. The second kappa shape index (κ2) is 31.3. The van der Waals surface area contributed by atoms with E-state index in [1.807, 2.05) is 192 Å². The third-order valence-electron chi connectivity index (χ3n) is 17.4. The molecule has 12 aromatic rings. The lowest BCUT2D eigenvalue weighted by atomic mass is 9.90. The molecule has 0 aliphatic carbocycles. The van der Waals surface area contributed by atoms with Crippen LogP contribution in [0, 0.1) is 55.2 Å². The van der Waals surface area contributed by atoms with Gasteiger partial charge in [0.05, 0.1) is 0 Å². The summed E-state index contributed by atoms with van der Waals surface area (Å²) in [6, 6.07) is 69.9. The number of pyridine rings is 4. The Kier molecular flexibility index (Phi) is 15.5. The van der Waals surface area contributed by atoms with Crippen molar-refractivity contribution in [3.8, 4) is 89.5 Å². The van der Waals surface area contributed by atoms with Gasteiger partial charge in [0.15, 0.2) is 24.8 Å². The zero-order valence-electron chi connectivity index (χ0n) is 76.3. The van der Waals surface area contributed by atoms with E-state index in [0.717, 1.165) is 95.1 Å². The van der Waals surface area contributed by atoms with E-state index in [0.29, 0.717) is 27.8 Å². The molecule has 0 bridgehead atoms. The van der Waals surface area contributed by atoms with E-state index in [4.69, 9.17) is 27.4 Å². The number of aromatic nitrogens is 4. The van der Waals surface area contributed by atoms with Crippen molar-refractivity contribution in [1.82, 2.24) is 0 Å². The highest BCUT2D eigenvalue weighted by molar-refractivity contribution is 5.75. The van der Waals surface area contributed by atoms with Gasteiger partial charge in [-0.1, -0.05) is 192 Å². The van der Waals surface area contributed by atoms with E-state index >= 15 is 0 Å². The Hall–Kier alpha value is -9.64. The molecule has 94 heavy (non-hydrogen) atoms. The Morgan fingerprint density at radius 1 is 0.330 bits per heavy atom. The summed E-state index contributed by atoms with van der Waals surface area (Å²) in [6.07, 6.45) is 7.77. The van der Waals surface area contributed by atoms with Crippen molar-refractivity contribution in [2.24, 2.45) is 28.2 Å². The molecule has 12 rings (SSSR count). The molecule has 0 amide bonds. The Morgan fingerprint density at radius 3 is 1.12 bits per heavy atom. The third-order valence-corrected chi connectivity index (χ3v) is 17.4. The molecule has 4 heteroatoms. The van der Waals surface area contributed by atoms with Gasteiger partial charge in [-0.2, -0.15) is 0 Å². The number of hydrogen-bond acceptors (Lipinski definition) is 0. The maximum absolute atomic E-state index is 8.61. The normalized spacial score (nSPS) is 16.1. The van der Waals surface area contributed by atoms with Gasteiger partial charge in [0.1, 0.15) is 28.2 Å². The summed E-state index contributed by atoms with van der Waals surface area (Å²) in [5.41, 5.74) is 24.7. The van der Waals surface area contributed by atoms with E-state index in [-0.39, 0.29) is 24.0 Å². The van der Waals surface area contributed by atoms with Crippen LogP contribution in [0.2, 0.25) is 0 Å². The first-order chi connectivity index (χ1) is 52.9. The Bertz CT molecular complexity index is 5350. The second-order valence-electron chi connectivity index (χ2n) is 24.4. The van der Waals surface area contributed by atoms with Gasteiger partial charge in [0, 0.05) is 97.7 Å². The lowest BCUT2D eigenvalue weighted by molar-refractivity contribution is -0.660. The maximum atomic E-state index is 8.61. The minimum atomic E-state index is -2.64. The van der Waals surface area contributed by atoms with Crippen molar-refractivity contribution in [2.45, 2.75) is 121 Å². The smallest absolute Gasteiger partial charge is 0.201 e. The van der Waals surface area contributed by atoms with Crippen molar-refractivity contribution < 1.29 is 45.7 Å². The van der Waals surface area contributed by atoms with E-state index in [1.54, 1.807) is 30.3 Å². The van der Waals surface area contributed by atoms with Crippen LogP contribution in [0.25, 0.3) is 89.5 Å². The molecule has 0 radical (unpaired) electrons. The van der Waals surface area contributed by atoms with Crippen molar-refractivity contribution in [3.05, 3.63) is 310 Å². The first-order valence-electron chi connectivity index (χ1n) is 41.7. The number of nitrogens with zero attached hydrogens (tertiary/aromatic N) is 4. The molecule has 4 heterocycles. The highest BCUT2D eigenvalue weighted by Gasteiger charge is 2.19. The lowest BCUT2D eigenvalue weighted by Gasteiger charge is -2.15. The van der Waals surface area contributed by atoms with Crippen molar-refractivity contribution >= 4 is 0 Å². The van der Waals surface area contributed by atoms with Gasteiger partial charge in [0.2, 0.25) is 22.8 Å². The summed E-state index contributed by atoms with van der Waals surface area (Å²) in [5, 5.41) is 0. The van der Waals surface area contributed by atoms with Crippen LogP contribution < -0.4 is 18.3 Å². The molecule has 2 atom stereocenters. The van der Waals surface area contributed by atoms with Crippen LogP contribution >= 0.6 is 0 Å². The van der Waals surface area contributed by atoms with Crippen molar-refractivity contribution in [3.63, 3.8) is 0 Å². The number of aryl methyl sites for hydroxylation is 13. The van der Waals surface area contributed by atoms with Crippen LogP contribution in [0.3, 0.4) is 0 Å². The van der Waals surface area contributed by atoms with Gasteiger partial charge in [-0.15, -0.1) is 0 Å². The fourth-order valence-electron chi connectivity index (χ4n) is 11.6. The van der Waals surface area contributed by atoms with Crippen LogP contribution in [-0.4, -0.2) is 0 Å². The monoisotopic (exact) mass is 1260 g/mol. The van der Waals surface area contributed by atoms with E-state index in [2.05, 4.69) is 103 Å². The Balaban J connectivity index is 0.000000175. The van der Waals surface area contributed by atoms with Gasteiger partial charge in [0.25, 0.3) is 0 Å². The molecule has 476 valence electrons. The molecule has 0 aliphatic heterocycles. The molecule has 0 N–H and O–H groups in total. The summed E-state index contributed by atoms with van der Waals surface area (Å²) < 4.78 is 164. The molecule has 4 aromatic heterocycles. The first kappa shape index (κ1) is 46.4. The Morgan fingerprint density at radius 2 is 0.723 bits per heavy atom. The van der Waals surface area contributed by atoms with Crippen LogP contribution in [0.4, 0.5) is 0 Å². The van der Waals surface area contributed by atoms with E-state index in [9.17, 15) is 0 Å². The van der Waals surface area contributed by atoms with E-state index in [1.165, 1.54) is 42.2 Å². The zero-order chi connectivity index (χ0) is 84.2. The fourth-order valence-corrected chi connectivity index (χ4v) is 11.6. The summed E-state index contributed by atoms with van der Waals surface area (Å²) in [5.74, 6) is -3.97. The Labute approximate surface area is 592 Å². The second-order valence-corrected chi connectivity index (χ2v) is 24.4. The fraction of sp³-hybridized carbons (Fsp3) is 0.244. The number of hydrogen-bond donors (Lipinski definition) is 0. The molecule has 4 nitrogen and oxygen atoms in total. The molecular weight excluding hydrogens is 1140 g/mol. The zero-order valence-corrected chi connectivity index (χ0v) is 56.3. The summed E-state index contributed by atoms with van der Waals surface area (Å²) in [7, 11) is 7.97. The molecular formula is C90H100N4+4. The van der Waals surface area contributed by atoms with Crippen molar-refractivity contribution in [2.75, 3.05) is 0 Å². The topological polar surface area (TPSA) is 15.5 Å². The minimum Gasteiger partial charge on any atom is -0.201 e. The largest absolute Gasteiger partial charge is 0.213 e. The van der Waals surface area contributed by atoms with Gasteiger partial charge in [-0.05, 0) is 210 Å². The van der Waals surface area contributed by atoms with Gasteiger partial charge < -0.3 is 0 Å². The molecule has 0 saturated carbocycles.